The molecule has 0 heterocycles. The molecule has 11 heavy (non-hydrogen) atoms. The van der Waals surface area contributed by atoms with Gasteiger partial charge in [-0.1, -0.05) is 45.8 Å². The SMILES string of the molecule is CC.CC(C)=CCF.CCC. The highest BCUT2D eigenvalue weighted by Gasteiger charge is 1.69. The highest BCUT2D eigenvalue weighted by molar-refractivity contribution is 4.92. The van der Waals surface area contributed by atoms with E-state index in [-0.39, 0.29) is 6.67 Å². The van der Waals surface area contributed by atoms with Gasteiger partial charge >= 0.3 is 0 Å². The molecule has 0 atom stereocenters. The van der Waals surface area contributed by atoms with E-state index in [0.29, 0.717) is 0 Å². The Morgan fingerprint density at radius 3 is 1.45 bits per heavy atom. The van der Waals surface area contributed by atoms with Gasteiger partial charge in [-0.3, -0.25) is 0 Å². The third-order valence-electron chi connectivity index (χ3n) is 0.485. The van der Waals surface area contributed by atoms with Crippen molar-refractivity contribution in [3.05, 3.63) is 11.6 Å². The summed E-state index contributed by atoms with van der Waals surface area (Å²) in [7, 11) is 0. The van der Waals surface area contributed by atoms with Gasteiger partial charge in [0.25, 0.3) is 0 Å². The predicted molar refractivity (Wildman–Crippen MR) is 52.7 cm³/mol. The van der Waals surface area contributed by atoms with Gasteiger partial charge < -0.3 is 0 Å². The highest BCUT2D eigenvalue weighted by Crippen LogP contribution is 1.85. The average molecular weight is 162 g/mol. The maximum absolute atomic E-state index is 11.2. The van der Waals surface area contributed by atoms with Crippen molar-refractivity contribution in [1.29, 1.82) is 0 Å². The van der Waals surface area contributed by atoms with E-state index >= 15 is 0 Å². The predicted octanol–water partition coefficient (Wildman–Crippen LogP) is 4.36. The van der Waals surface area contributed by atoms with Gasteiger partial charge in [0, 0.05) is 0 Å². The van der Waals surface area contributed by atoms with Crippen molar-refractivity contribution in [1.82, 2.24) is 0 Å². The molecule has 0 bridgehead atoms. The number of hydrogen-bond donors (Lipinski definition) is 0. The summed E-state index contributed by atoms with van der Waals surface area (Å²) in [4.78, 5) is 0. The van der Waals surface area contributed by atoms with E-state index in [0.717, 1.165) is 5.57 Å². The van der Waals surface area contributed by atoms with Crippen LogP contribution in [0.2, 0.25) is 0 Å². The zero-order valence-corrected chi connectivity index (χ0v) is 8.87. The molecule has 0 N–H and O–H groups in total. The topological polar surface area (TPSA) is 0 Å². The second kappa shape index (κ2) is 22.6. The number of rotatable bonds is 1. The third kappa shape index (κ3) is 79.8. The fourth-order valence-electron chi connectivity index (χ4n) is 0.154. The van der Waals surface area contributed by atoms with Crippen LogP contribution in [-0.2, 0) is 0 Å². The van der Waals surface area contributed by atoms with Crippen LogP contribution >= 0.6 is 0 Å². The van der Waals surface area contributed by atoms with E-state index in [1.807, 2.05) is 27.7 Å². The van der Waals surface area contributed by atoms with E-state index in [1.165, 1.54) is 6.42 Å². The van der Waals surface area contributed by atoms with Crippen molar-refractivity contribution in [2.24, 2.45) is 0 Å². The lowest BCUT2D eigenvalue weighted by Crippen LogP contribution is -1.64. The minimum absolute atomic E-state index is 0.331. The number of allylic oxidation sites excluding steroid dienone is 2. The molecule has 0 aromatic carbocycles. The Labute approximate surface area is 71.5 Å². The largest absolute Gasteiger partial charge is 0.247 e. The monoisotopic (exact) mass is 162 g/mol. The van der Waals surface area contributed by atoms with Crippen molar-refractivity contribution < 1.29 is 4.39 Å². The first-order valence-electron chi connectivity index (χ1n) is 4.38. The lowest BCUT2D eigenvalue weighted by Gasteiger charge is -1.78. The molecule has 0 fully saturated rings. The Morgan fingerprint density at radius 2 is 1.45 bits per heavy atom. The second-order valence-corrected chi connectivity index (χ2v) is 2.14. The molecule has 0 nitrogen and oxygen atoms in total. The summed E-state index contributed by atoms with van der Waals surface area (Å²) in [6.45, 7) is 11.7. The molecule has 0 aliphatic rings. The first-order valence-corrected chi connectivity index (χ1v) is 4.38. The smallest absolute Gasteiger partial charge is 0.108 e. The fraction of sp³-hybridized carbons (Fsp3) is 0.800. The van der Waals surface area contributed by atoms with Gasteiger partial charge in [-0.05, 0) is 13.8 Å². The third-order valence-corrected chi connectivity index (χ3v) is 0.485. The summed E-state index contributed by atoms with van der Waals surface area (Å²) < 4.78 is 11.2. The molecular formula is C10H23F. The molecule has 0 aliphatic carbocycles. The Balaban J connectivity index is -0.000000109. The van der Waals surface area contributed by atoms with Crippen molar-refractivity contribution in [2.45, 2.75) is 48.0 Å². The molecule has 0 radical (unpaired) electrons. The summed E-state index contributed by atoms with van der Waals surface area (Å²) in [5.41, 5.74) is 1.04. The standard InChI is InChI=1S/C5H9F.C3H8.C2H6/c1-5(2)3-4-6;1-3-2;1-2/h3H,4H2,1-2H3;3H2,1-2H3;1-2H3. The van der Waals surface area contributed by atoms with Gasteiger partial charge in [0.2, 0.25) is 0 Å². The van der Waals surface area contributed by atoms with E-state index in [4.69, 9.17) is 0 Å². The maximum Gasteiger partial charge on any atom is 0.108 e. The van der Waals surface area contributed by atoms with Gasteiger partial charge in [0.15, 0.2) is 0 Å². The van der Waals surface area contributed by atoms with Gasteiger partial charge in [-0.2, -0.15) is 0 Å². The van der Waals surface area contributed by atoms with E-state index < -0.39 is 0 Å². The molecule has 0 spiro atoms. The molecule has 1 heteroatoms. The minimum atomic E-state index is -0.331. The van der Waals surface area contributed by atoms with Crippen LogP contribution in [0.4, 0.5) is 4.39 Å². The van der Waals surface area contributed by atoms with Crippen molar-refractivity contribution >= 4 is 0 Å². The number of hydrogen-bond acceptors (Lipinski definition) is 0. The Morgan fingerprint density at radius 1 is 1.18 bits per heavy atom. The summed E-state index contributed by atoms with van der Waals surface area (Å²) >= 11 is 0. The lowest BCUT2D eigenvalue weighted by molar-refractivity contribution is 0.560. The molecule has 0 rings (SSSR count). The van der Waals surface area contributed by atoms with Crippen LogP contribution in [0.1, 0.15) is 48.0 Å². The lowest BCUT2D eigenvalue weighted by atomic mass is 10.3. The molecule has 0 aromatic rings. The number of halogens is 1. The van der Waals surface area contributed by atoms with Crippen LogP contribution in [0.25, 0.3) is 0 Å². The Kier molecular flexibility index (Phi) is 34.9. The van der Waals surface area contributed by atoms with Crippen LogP contribution in [0.5, 0.6) is 0 Å². The van der Waals surface area contributed by atoms with Crippen molar-refractivity contribution in [3.63, 3.8) is 0 Å². The van der Waals surface area contributed by atoms with Gasteiger partial charge in [-0.25, -0.2) is 4.39 Å². The Bertz CT molecular complexity index is 61.3. The minimum Gasteiger partial charge on any atom is -0.247 e. The summed E-state index contributed by atoms with van der Waals surface area (Å²) in [6.07, 6.45) is 2.79. The van der Waals surface area contributed by atoms with Gasteiger partial charge in [0.05, 0.1) is 0 Å². The Hall–Kier alpha value is -0.330. The number of alkyl halides is 1. The van der Waals surface area contributed by atoms with Gasteiger partial charge in [0.1, 0.15) is 6.67 Å². The molecule has 0 aromatic heterocycles. The molecule has 0 unspecified atom stereocenters. The van der Waals surface area contributed by atoms with E-state index in [1.54, 1.807) is 6.08 Å². The summed E-state index contributed by atoms with van der Waals surface area (Å²) in [6, 6.07) is 0. The van der Waals surface area contributed by atoms with Crippen LogP contribution in [0, 0.1) is 0 Å². The van der Waals surface area contributed by atoms with E-state index in [9.17, 15) is 4.39 Å². The molecule has 0 aliphatic heterocycles. The average Bonchev–Trinajstić information content (AvgIpc) is 1.93. The van der Waals surface area contributed by atoms with Crippen LogP contribution in [0.15, 0.2) is 11.6 Å². The van der Waals surface area contributed by atoms with Crippen LogP contribution in [0.3, 0.4) is 0 Å². The summed E-state index contributed by atoms with van der Waals surface area (Å²) in [5, 5.41) is 0. The zero-order chi connectivity index (χ0) is 9.70. The normalized spacial score (nSPS) is 6.45. The molecule has 0 amide bonds. The highest BCUT2D eigenvalue weighted by atomic mass is 19.1. The second-order valence-electron chi connectivity index (χ2n) is 2.14. The molecule has 70 valence electrons. The van der Waals surface area contributed by atoms with Crippen LogP contribution < -0.4 is 0 Å². The molecule has 0 saturated carbocycles. The fourth-order valence-corrected chi connectivity index (χ4v) is 0.154. The van der Waals surface area contributed by atoms with Crippen molar-refractivity contribution in [3.8, 4) is 0 Å². The first-order chi connectivity index (χ1) is 5.18. The van der Waals surface area contributed by atoms with Gasteiger partial charge in [-0.15, -0.1) is 0 Å². The van der Waals surface area contributed by atoms with Crippen LogP contribution in [-0.4, -0.2) is 6.67 Å². The maximum atomic E-state index is 11.2. The van der Waals surface area contributed by atoms with Crippen molar-refractivity contribution in [2.75, 3.05) is 6.67 Å². The molecule has 0 saturated heterocycles. The van der Waals surface area contributed by atoms with E-state index in [2.05, 4.69) is 13.8 Å². The molecular weight excluding hydrogens is 139 g/mol. The summed E-state index contributed by atoms with van der Waals surface area (Å²) in [5.74, 6) is 0. The first kappa shape index (κ1) is 17.0. The quantitative estimate of drug-likeness (QED) is 0.502. The zero-order valence-electron chi connectivity index (χ0n) is 8.87.